The van der Waals surface area contributed by atoms with Gasteiger partial charge in [0.15, 0.2) is 0 Å². The molecule has 198 valence electrons. The summed E-state index contributed by atoms with van der Waals surface area (Å²) >= 11 is 11.8. The number of nitrogens with zero attached hydrogens (tertiary/aromatic N) is 2. The lowest BCUT2D eigenvalue weighted by Gasteiger charge is -2.22. The maximum absolute atomic E-state index is 12.8. The molecule has 1 amide bonds. The van der Waals surface area contributed by atoms with Crippen molar-refractivity contribution in [1.82, 2.24) is 4.98 Å². The second kappa shape index (κ2) is 12.2. The molecule has 6 nitrogen and oxygen atoms in total. The molecule has 1 heterocycles. The smallest absolute Gasteiger partial charge is 0.410 e. The van der Waals surface area contributed by atoms with Crippen LogP contribution in [0.4, 0.5) is 27.5 Å². The predicted octanol–water partition coefficient (Wildman–Crippen LogP) is 8.33. The van der Waals surface area contributed by atoms with Crippen LogP contribution in [-0.4, -0.2) is 35.9 Å². The number of carbonyl (C=O) groups is 1. The van der Waals surface area contributed by atoms with Crippen molar-refractivity contribution >= 4 is 73.9 Å². The van der Waals surface area contributed by atoms with Crippen molar-refractivity contribution in [2.45, 2.75) is 6.92 Å². The Morgan fingerprint density at radius 2 is 1.46 bits per heavy atom. The second-order valence-electron chi connectivity index (χ2n) is 9.05. The number of aromatic nitrogens is 1. The number of hydrogen-bond acceptors (Lipinski definition) is 5. The summed E-state index contributed by atoms with van der Waals surface area (Å²) in [4.78, 5) is 19.7. The van der Waals surface area contributed by atoms with Gasteiger partial charge in [0.2, 0.25) is 0 Å². The maximum Gasteiger partial charge on any atom is 0.417 e. The molecule has 0 unspecified atom stereocenters. The van der Waals surface area contributed by atoms with Crippen LogP contribution in [0, 0.1) is 6.92 Å². The number of anilines is 4. The van der Waals surface area contributed by atoms with E-state index in [9.17, 15) is 4.79 Å². The maximum atomic E-state index is 12.8. The van der Waals surface area contributed by atoms with Gasteiger partial charge in [-0.25, -0.2) is 9.78 Å². The molecule has 4 aromatic carbocycles. The van der Waals surface area contributed by atoms with Gasteiger partial charge in [0.1, 0.15) is 5.75 Å². The van der Waals surface area contributed by atoms with Gasteiger partial charge in [0.05, 0.1) is 16.7 Å². The number of amides is 1. The third-order valence-corrected chi connectivity index (χ3v) is 6.79. The highest BCUT2D eigenvalue weighted by atomic mass is 35.5. The standard InChI is InChI=1S/C31H28Cl2N4O2/c1-21-10-11-22(34-30-25-6-2-4-8-27(25)35-28-9-5-3-7-26(28)30)20-29(21)36-31(38)39-24-14-12-23(13-15-24)37(18-16-32)19-17-33/h2-15,20H,16-19H2,1H3,(H,34,35)(H,36,38). The average Bonchev–Trinajstić information content (AvgIpc) is 2.95. The zero-order valence-electron chi connectivity index (χ0n) is 21.5. The first-order valence-corrected chi connectivity index (χ1v) is 13.7. The number of aryl methyl sites for hydroxylation is 1. The Morgan fingerprint density at radius 1 is 0.846 bits per heavy atom. The normalized spacial score (nSPS) is 10.9. The van der Waals surface area contributed by atoms with E-state index < -0.39 is 6.09 Å². The Hall–Kier alpha value is -4.00. The largest absolute Gasteiger partial charge is 0.417 e. The molecule has 0 spiro atoms. The highest BCUT2D eigenvalue weighted by Crippen LogP contribution is 2.34. The highest BCUT2D eigenvalue weighted by Gasteiger charge is 2.12. The van der Waals surface area contributed by atoms with Crippen molar-refractivity contribution in [3.8, 4) is 5.75 Å². The summed E-state index contributed by atoms with van der Waals surface area (Å²) in [7, 11) is 0. The average molecular weight is 559 g/mol. The first-order valence-electron chi connectivity index (χ1n) is 12.7. The number of carbonyl (C=O) groups excluding carboxylic acids is 1. The van der Waals surface area contributed by atoms with Gasteiger partial charge in [-0.15, -0.1) is 23.2 Å². The summed E-state index contributed by atoms with van der Waals surface area (Å²) in [6.45, 7) is 3.31. The summed E-state index contributed by atoms with van der Waals surface area (Å²) in [5, 5.41) is 8.48. The zero-order chi connectivity index (χ0) is 27.2. The fourth-order valence-corrected chi connectivity index (χ4v) is 4.90. The molecule has 0 aliphatic carbocycles. The molecule has 2 N–H and O–H groups in total. The molecular weight excluding hydrogens is 531 g/mol. The van der Waals surface area contributed by atoms with Crippen molar-refractivity contribution in [2.75, 3.05) is 40.4 Å². The molecule has 5 rings (SSSR count). The molecule has 0 saturated heterocycles. The number of halogens is 2. The van der Waals surface area contributed by atoms with E-state index in [1.807, 2.05) is 73.7 Å². The molecule has 5 aromatic rings. The van der Waals surface area contributed by atoms with E-state index in [2.05, 4.69) is 27.7 Å². The van der Waals surface area contributed by atoms with Gasteiger partial charge in [-0.2, -0.15) is 0 Å². The third-order valence-electron chi connectivity index (χ3n) is 6.45. The highest BCUT2D eigenvalue weighted by molar-refractivity contribution is 6.18. The number of nitrogens with one attached hydrogen (secondary N) is 2. The van der Waals surface area contributed by atoms with Crippen LogP contribution >= 0.6 is 23.2 Å². The Kier molecular flexibility index (Phi) is 8.35. The number of ether oxygens (including phenoxy) is 1. The topological polar surface area (TPSA) is 66.5 Å². The number of rotatable bonds is 9. The van der Waals surface area contributed by atoms with Crippen molar-refractivity contribution in [3.63, 3.8) is 0 Å². The Labute approximate surface area is 237 Å². The summed E-state index contributed by atoms with van der Waals surface area (Å²) in [6.07, 6.45) is -0.568. The Bertz CT molecular complexity index is 1550. The first kappa shape index (κ1) is 26.6. The second-order valence-corrected chi connectivity index (χ2v) is 9.81. The minimum absolute atomic E-state index is 0.439. The van der Waals surface area contributed by atoms with Crippen molar-refractivity contribution in [2.24, 2.45) is 0 Å². The summed E-state index contributed by atoms with van der Waals surface area (Å²) in [5.41, 5.74) is 6.15. The minimum atomic E-state index is -0.568. The lowest BCUT2D eigenvalue weighted by atomic mass is 10.1. The van der Waals surface area contributed by atoms with E-state index in [1.165, 1.54) is 0 Å². The molecule has 0 fully saturated rings. The molecule has 0 radical (unpaired) electrons. The van der Waals surface area contributed by atoms with E-state index in [1.54, 1.807) is 12.1 Å². The van der Waals surface area contributed by atoms with Gasteiger partial charge in [0, 0.05) is 52.7 Å². The van der Waals surface area contributed by atoms with Crippen LogP contribution < -0.4 is 20.3 Å². The minimum Gasteiger partial charge on any atom is -0.410 e. The van der Waals surface area contributed by atoms with E-state index in [4.69, 9.17) is 32.9 Å². The molecule has 0 saturated carbocycles. The van der Waals surface area contributed by atoms with Gasteiger partial charge < -0.3 is 15.0 Å². The molecule has 1 aromatic heterocycles. The van der Waals surface area contributed by atoms with Gasteiger partial charge in [-0.1, -0.05) is 42.5 Å². The van der Waals surface area contributed by atoms with Crippen molar-refractivity contribution in [3.05, 3.63) is 96.6 Å². The SMILES string of the molecule is Cc1ccc(Nc2c3ccccc3nc3ccccc23)cc1NC(=O)Oc1ccc(N(CCCl)CCCl)cc1. The number of benzene rings is 4. The first-order chi connectivity index (χ1) is 19.1. The molecule has 0 aliphatic heterocycles. The molecule has 8 heteroatoms. The fourth-order valence-electron chi connectivity index (χ4n) is 4.49. The number of para-hydroxylation sites is 2. The number of pyridine rings is 1. The molecule has 39 heavy (non-hydrogen) atoms. The van der Waals surface area contributed by atoms with Crippen LogP contribution in [0.5, 0.6) is 5.75 Å². The van der Waals surface area contributed by atoms with Crippen LogP contribution in [-0.2, 0) is 0 Å². The van der Waals surface area contributed by atoms with Crippen LogP contribution in [0.2, 0.25) is 0 Å². The predicted molar refractivity (Wildman–Crippen MR) is 163 cm³/mol. The van der Waals surface area contributed by atoms with Crippen molar-refractivity contribution in [1.29, 1.82) is 0 Å². The van der Waals surface area contributed by atoms with Crippen LogP contribution in [0.3, 0.4) is 0 Å². The quantitative estimate of drug-likeness (QED) is 0.140. The van der Waals surface area contributed by atoms with Gasteiger partial charge in [-0.3, -0.25) is 5.32 Å². The fraction of sp³-hybridized carbons (Fsp3) is 0.161. The lowest BCUT2D eigenvalue weighted by molar-refractivity contribution is 0.215. The van der Waals surface area contributed by atoms with E-state index >= 15 is 0 Å². The van der Waals surface area contributed by atoms with E-state index in [0.29, 0.717) is 36.3 Å². The van der Waals surface area contributed by atoms with Crippen LogP contribution in [0.1, 0.15) is 5.56 Å². The summed E-state index contributed by atoms with van der Waals surface area (Å²) in [6, 6.07) is 29.2. The van der Waals surface area contributed by atoms with Crippen molar-refractivity contribution < 1.29 is 9.53 Å². The van der Waals surface area contributed by atoms with Gasteiger partial charge in [0.25, 0.3) is 0 Å². The van der Waals surface area contributed by atoms with E-state index in [0.717, 1.165) is 44.4 Å². The van der Waals surface area contributed by atoms with Gasteiger partial charge >= 0.3 is 6.09 Å². The monoisotopic (exact) mass is 558 g/mol. The molecule has 0 bridgehead atoms. The Morgan fingerprint density at radius 3 is 2.08 bits per heavy atom. The molecular formula is C31H28Cl2N4O2. The molecule has 0 aliphatic rings. The summed E-state index contributed by atoms with van der Waals surface area (Å²) < 4.78 is 5.55. The number of hydrogen-bond donors (Lipinski definition) is 2. The van der Waals surface area contributed by atoms with Gasteiger partial charge in [-0.05, 0) is 61.0 Å². The number of fused-ring (bicyclic) bond motifs is 2. The van der Waals surface area contributed by atoms with Crippen LogP contribution in [0.25, 0.3) is 21.8 Å². The van der Waals surface area contributed by atoms with E-state index in [-0.39, 0.29) is 0 Å². The number of alkyl halides is 2. The lowest BCUT2D eigenvalue weighted by Crippen LogP contribution is -2.27. The Balaban J connectivity index is 1.34. The summed E-state index contributed by atoms with van der Waals surface area (Å²) in [5.74, 6) is 1.44. The third kappa shape index (κ3) is 6.19. The molecule has 0 atom stereocenters. The van der Waals surface area contributed by atoms with Crippen LogP contribution in [0.15, 0.2) is 91.0 Å². The zero-order valence-corrected chi connectivity index (χ0v) is 23.0.